The van der Waals surface area contributed by atoms with Crippen molar-refractivity contribution in [1.29, 1.82) is 0 Å². The second kappa shape index (κ2) is 11.9. The highest BCUT2D eigenvalue weighted by atomic mass is 35.5. The Morgan fingerprint density at radius 2 is 1.76 bits per heavy atom. The number of benzene rings is 3. The predicted molar refractivity (Wildman–Crippen MR) is 151 cm³/mol. The van der Waals surface area contributed by atoms with Crippen molar-refractivity contribution in [3.8, 4) is 11.1 Å². The molecule has 0 radical (unpaired) electrons. The molecule has 3 N–H and O–H groups in total. The lowest BCUT2D eigenvalue weighted by Gasteiger charge is -2.22. The number of carbonyl (C=O) groups excluding carboxylic acids is 2. The van der Waals surface area contributed by atoms with Gasteiger partial charge in [-0.1, -0.05) is 23.7 Å². The lowest BCUT2D eigenvalue weighted by molar-refractivity contribution is -0.121. The average molecular weight is 577 g/mol. The van der Waals surface area contributed by atoms with Crippen LogP contribution in [0.15, 0.2) is 79.1 Å². The molecule has 2 aromatic heterocycles. The smallest absolute Gasteiger partial charge is 0.252 e. The van der Waals surface area contributed by atoms with Gasteiger partial charge in [-0.15, -0.1) is 0 Å². The van der Waals surface area contributed by atoms with E-state index in [0.717, 1.165) is 6.07 Å². The molecule has 208 valence electrons. The number of hydrogen-bond acceptors (Lipinski definition) is 3. The maximum absolute atomic E-state index is 14.1. The molecule has 0 bridgehead atoms. The molecule has 0 saturated carbocycles. The van der Waals surface area contributed by atoms with Crippen molar-refractivity contribution in [1.82, 2.24) is 20.6 Å². The van der Waals surface area contributed by atoms with Crippen molar-refractivity contribution in [2.75, 3.05) is 7.05 Å². The predicted octanol–water partition coefficient (Wildman–Crippen LogP) is 6.30. The van der Waals surface area contributed by atoms with Crippen LogP contribution in [0.3, 0.4) is 0 Å². The number of nitrogens with one attached hydrogen (secondary N) is 3. The summed E-state index contributed by atoms with van der Waals surface area (Å²) in [5.74, 6) is -2.67. The van der Waals surface area contributed by atoms with Crippen LogP contribution >= 0.6 is 11.6 Å². The fourth-order valence-electron chi connectivity index (χ4n) is 4.84. The van der Waals surface area contributed by atoms with Crippen molar-refractivity contribution < 1.29 is 22.8 Å². The Bertz CT molecular complexity index is 1750. The van der Waals surface area contributed by atoms with Gasteiger partial charge in [0, 0.05) is 42.0 Å². The van der Waals surface area contributed by atoms with Crippen molar-refractivity contribution in [3.05, 3.63) is 124 Å². The Morgan fingerprint density at radius 1 is 0.976 bits per heavy atom. The minimum absolute atomic E-state index is 0.0248. The van der Waals surface area contributed by atoms with Crippen LogP contribution in [0.5, 0.6) is 0 Å². The van der Waals surface area contributed by atoms with Crippen molar-refractivity contribution in [3.63, 3.8) is 0 Å². The summed E-state index contributed by atoms with van der Waals surface area (Å²) in [6, 6.07) is 15.0. The molecule has 0 aliphatic carbocycles. The van der Waals surface area contributed by atoms with Gasteiger partial charge in [-0.25, -0.2) is 13.2 Å². The second-order valence-electron chi connectivity index (χ2n) is 9.49. The average Bonchev–Trinajstić information content (AvgIpc) is 3.33. The fourth-order valence-corrected chi connectivity index (χ4v) is 5.10. The normalized spacial score (nSPS) is 11.8. The summed E-state index contributed by atoms with van der Waals surface area (Å²) < 4.78 is 42.0. The number of carbonyl (C=O) groups is 2. The Hall–Kier alpha value is -4.63. The number of aromatic nitrogens is 2. The monoisotopic (exact) mass is 576 g/mol. The maximum Gasteiger partial charge on any atom is 0.252 e. The molecule has 0 fully saturated rings. The molecule has 2 heterocycles. The van der Waals surface area contributed by atoms with E-state index < -0.39 is 29.4 Å². The lowest BCUT2D eigenvalue weighted by Crippen LogP contribution is -2.32. The quantitative estimate of drug-likeness (QED) is 0.202. The van der Waals surface area contributed by atoms with E-state index >= 15 is 0 Å². The first-order valence-corrected chi connectivity index (χ1v) is 13.1. The number of rotatable bonds is 8. The number of fused-ring (bicyclic) bond motifs is 1. The van der Waals surface area contributed by atoms with E-state index in [1.54, 1.807) is 48.8 Å². The summed E-state index contributed by atoms with van der Waals surface area (Å²) in [4.78, 5) is 33.0. The number of halogens is 4. The first-order chi connectivity index (χ1) is 19.7. The molecule has 41 heavy (non-hydrogen) atoms. The third-order valence-electron chi connectivity index (χ3n) is 6.70. The van der Waals surface area contributed by atoms with E-state index in [-0.39, 0.29) is 23.8 Å². The largest absolute Gasteiger partial charge is 0.361 e. The molecular weight excluding hydrogens is 553 g/mol. The van der Waals surface area contributed by atoms with E-state index in [1.165, 1.54) is 31.3 Å². The summed E-state index contributed by atoms with van der Waals surface area (Å²) in [5, 5.41) is 6.28. The summed E-state index contributed by atoms with van der Waals surface area (Å²) >= 11 is 6.41. The zero-order valence-corrected chi connectivity index (χ0v) is 22.5. The first-order valence-electron chi connectivity index (χ1n) is 12.7. The summed E-state index contributed by atoms with van der Waals surface area (Å²) in [7, 11) is 1.50. The molecule has 0 saturated heterocycles. The van der Waals surface area contributed by atoms with Crippen LogP contribution in [-0.2, 0) is 17.6 Å². The van der Waals surface area contributed by atoms with E-state index in [1.807, 2.05) is 0 Å². The van der Waals surface area contributed by atoms with Crippen LogP contribution in [0.2, 0.25) is 5.02 Å². The molecule has 5 rings (SSSR count). The molecule has 0 aliphatic rings. The molecular formula is C31H24ClF3N4O2. The lowest BCUT2D eigenvalue weighted by atomic mass is 9.94. The maximum atomic E-state index is 14.1. The van der Waals surface area contributed by atoms with Gasteiger partial charge < -0.3 is 15.6 Å². The van der Waals surface area contributed by atoms with Gasteiger partial charge in [-0.05, 0) is 71.6 Å². The third kappa shape index (κ3) is 6.25. The number of hydrogen-bond donors (Lipinski definition) is 3. The minimum Gasteiger partial charge on any atom is -0.361 e. The SMILES string of the molecule is CNC(=O)c1ccc(-c2cccnc2C(Cc2cc(F)cc(F)c2)NC(=O)Cc2c[nH]c3ccc(F)cc23)cc1Cl. The first kappa shape index (κ1) is 27.9. The number of pyridine rings is 1. The van der Waals surface area contributed by atoms with Crippen molar-refractivity contribution >= 4 is 34.3 Å². The van der Waals surface area contributed by atoms with Crippen LogP contribution in [0.25, 0.3) is 22.0 Å². The van der Waals surface area contributed by atoms with Crippen molar-refractivity contribution in [2.24, 2.45) is 0 Å². The van der Waals surface area contributed by atoms with E-state index in [9.17, 15) is 22.8 Å². The molecule has 3 aromatic carbocycles. The van der Waals surface area contributed by atoms with Gasteiger partial charge >= 0.3 is 0 Å². The minimum atomic E-state index is -0.806. The van der Waals surface area contributed by atoms with E-state index in [0.29, 0.717) is 44.4 Å². The van der Waals surface area contributed by atoms with Crippen LogP contribution < -0.4 is 10.6 Å². The Balaban J connectivity index is 1.51. The summed E-state index contributed by atoms with van der Waals surface area (Å²) in [5.41, 5.74) is 3.54. The molecule has 5 aromatic rings. The zero-order chi connectivity index (χ0) is 29.1. The van der Waals surface area contributed by atoms with Crippen LogP contribution in [-0.4, -0.2) is 28.8 Å². The number of aromatic amines is 1. The van der Waals surface area contributed by atoms with Crippen LogP contribution in [0.4, 0.5) is 13.2 Å². The fraction of sp³-hybridized carbons (Fsp3) is 0.129. The van der Waals surface area contributed by atoms with Crippen LogP contribution in [0, 0.1) is 17.5 Å². The van der Waals surface area contributed by atoms with E-state index in [4.69, 9.17) is 11.6 Å². The Labute approximate surface area is 238 Å². The van der Waals surface area contributed by atoms with Gasteiger partial charge in [0.05, 0.1) is 28.7 Å². The second-order valence-corrected chi connectivity index (χ2v) is 9.90. The van der Waals surface area contributed by atoms with Crippen molar-refractivity contribution in [2.45, 2.75) is 18.9 Å². The summed E-state index contributed by atoms with van der Waals surface area (Å²) in [6.45, 7) is 0. The highest BCUT2D eigenvalue weighted by Crippen LogP contribution is 2.32. The standard InChI is InChI=1S/C31H24ClF3N4O2/c1-36-31(41)24-6-4-18(12-26(24)32)23-3-2-8-37-30(23)28(11-17-9-21(34)14-22(35)10-17)39-29(40)13-19-16-38-27-7-5-20(33)15-25(19)27/h2-10,12,14-16,28,38H,11,13H2,1H3,(H,36,41)(H,39,40). The highest BCUT2D eigenvalue weighted by Gasteiger charge is 2.23. The van der Waals surface area contributed by atoms with Gasteiger partial charge in [0.2, 0.25) is 5.91 Å². The molecule has 1 atom stereocenters. The highest BCUT2D eigenvalue weighted by molar-refractivity contribution is 6.34. The molecule has 6 nitrogen and oxygen atoms in total. The molecule has 1 unspecified atom stereocenters. The molecule has 0 aliphatic heterocycles. The topological polar surface area (TPSA) is 86.9 Å². The Kier molecular flexibility index (Phi) is 8.07. The number of nitrogens with zero attached hydrogens (tertiary/aromatic N) is 1. The van der Waals surface area contributed by atoms with Gasteiger partial charge in [0.25, 0.3) is 5.91 Å². The molecule has 10 heteroatoms. The molecule has 0 spiro atoms. The van der Waals surface area contributed by atoms with Crippen LogP contribution in [0.1, 0.15) is 33.2 Å². The van der Waals surface area contributed by atoms with Gasteiger partial charge in [0.1, 0.15) is 17.5 Å². The van der Waals surface area contributed by atoms with Gasteiger partial charge in [0.15, 0.2) is 0 Å². The van der Waals surface area contributed by atoms with Gasteiger partial charge in [-0.2, -0.15) is 0 Å². The number of amides is 2. The number of H-pyrrole nitrogens is 1. The zero-order valence-electron chi connectivity index (χ0n) is 21.8. The Morgan fingerprint density at radius 3 is 2.49 bits per heavy atom. The third-order valence-corrected chi connectivity index (χ3v) is 7.01. The van der Waals surface area contributed by atoms with E-state index in [2.05, 4.69) is 20.6 Å². The summed E-state index contributed by atoms with van der Waals surface area (Å²) in [6.07, 6.45) is 3.14. The van der Waals surface area contributed by atoms with Gasteiger partial charge in [-0.3, -0.25) is 14.6 Å². The molecule has 2 amide bonds.